The Morgan fingerprint density at radius 2 is 1.57 bits per heavy atom. The van der Waals surface area contributed by atoms with Crippen LogP contribution >= 0.6 is 11.6 Å². The van der Waals surface area contributed by atoms with Gasteiger partial charge in [-0.05, 0) is 63.9 Å². The van der Waals surface area contributed by atoms with E-state index in [1.165, 1.54) is 0 Å². The standard InChI is InChI=1S/C32H23ClN2O2/c1-21-29(33)14-7-15-30(21)35-32(36)25(19-34)18-28-27-13-5-3-9-23(27)16-17-31(28)37-20-24-11-6-10-22-8-2-4-12-26(22)24/h2-18H,20H2,1H3,(H,35,36)/b25-18+. The molecule has 5 rings (SSSR count). The molecule has 1 N–H and O–H groups in total. The molecule has 180 valence electrons. The average Bonchev–Trinajstić information content (AvgIpc) is 2.93. The Bertz CT molecular complexity index is 1710. The van der Waals surface area contributed by atoms with Gasteiger partial charge in [-0.3, -0.25) is 4.79 Å². The van der Waals surface area contributed by atoms with Crippen LogP contribution in [0.3, 0.4) is 0 Å². The number of nitrogens with one attached hydrogen (secondary N) is 1. The van der Waals surface area contributed by atoms with E-state index in [1.54, 1.807) is 24.3 Å². The lowest BCUT2D eigenvalue weighted by atomic mass is 10.0. The summed E-state index contributed by atoms with van der Waals surface area (Å²) in [6, 6.07) is 33.3. The molecule has 0 aliphatic carbocycles. The molecule has 4 nitrogen and oxygen atoms in total. The summed E-state index contributed by atoms with van der Waals surface area (Å²) in [6.45, 7) is 2.16. The fourth-order valence-corrected chi connectivity index (χ4v) is 4.52. The molecule has 0 heterocycles. The second kappa shape index (κ2) is 10.6. The molecule has 0 atom stereocenters. The Labute approximate surface area is 220 Å². The van der Waals surface area contributed by atoms with Gasteiger partial charge < -0.3 is 10.1 Å². The first-order valence-electron chi connectivity index (χ1n) is 11.8. The van der Waals surface area contributed by atoms with Crippen LogP contribution in [0.1, 0.15) is 16.7 Å². The number of benzene rings is 5. The maximum atomic E-state index is 13.1. The van der Waals surface area contributed by atoms with Crippen LogP contribution in [0, 0.1) is 18.3 Å². The van der Waals surface area contributed by atoms with Gasteiger partial charge >= 0.3 is 0 Å². The third-order valence-electron chi connectivity index (χ3n) is 6.36. The minimum absolute atomic E-state index is 0.0364. The number of carbonyl (C=O) groups is 1. The molecule has 0 bridgehead atoms. The highest BCUT2D eigenvalue weighted by atomic mass is 35.5. The number of fused-ring (bicyclic) bond motifs is 2. The molecule has 0 saturated heterocycles. The summed E-state index contributed by atoms with van der Waals surface area (Å²) in [6.07, 6.45) is 1.59. The van der Waals surface area contributed by atoms with Crippen molar-refractivity contribution in [3.8, 4) is 11.8 Å². The normalized spacial score (nSPS) is 11.3. The third kappa shape index (κ3) is 5.04. The zero-order valence-corrected chi connectivity index (χ0v) is 20.9. The van der Waals surface area contributed by atoms with Crippen molar-refractivity contribution in [2.45, 2.75) is 13.5 Å². The zero-order valence-electron chi connectivity index (χ0n) is 20.2. The number of carbonyl (C=O) groups excluding carboxylic acids is 1. The van der Waals surface area contributed by atoms with Gasteiger partial charge in [0, 0.05) is 16.3 Å². The van der Waals surface area contributed by atoms with E-state index in [0.717, 1.165) is 32.7 Å². The number of rotatable bonds is 6. The second-order valence-electron chi connectivity index (χ2n) is 8.66. The minimum Gasteiger partial charge on any atom is -0.488 e. The number of nitrogens with zero attached hydrogens (tertiary/aromatic N) is 1. The summed E-state index contributed by atoms with van der Waals surface area (Å²) >= 11 is 6.20. The molecule has 37 heavy (non-hydrogen) atoms. The van der Waals surface area contributed by atoms with Crippen molar-refractivity contribution in [2.24, 2.45) is 0 Å². The van der Waals surface area contributed by atoms with Gasteiger partial charge in [-0.15, -0.1) is 0 Å². The Kier molecular flexibility index (Phi) is 6.89. The predicted molar refractivity (Wildman–Crippen MR) is 151 cm³/mol. The highest BCUT2D eigenvalue weighted by Gasteiger charge is 2.15. The highest BCUT2D eigenvalue weighted by molar-refractivity contribution is 6.31. The third-order valence-corrected chi connectivity index (χ3v) is 6.77. The van der Waals surface area contributed by atoms with Crippen molar-refractivity contribution >= 4 is 50.8 Å². The number of anilines is 1. The van der Waals surface area contributed by atoms with Crippen molar-refractivity contribution in [3.05, 3.63) is 124 Å². The topological polar surface area (TPSA) is 62.1 Å². The summed E-state index contributed by atoms with van der Waals surface area (Å²) < 4.78 is 6.31. The van der Waals surface area contributed by atoms with Crippen molar-refractivity contribution in [3.63, 3.8) is 0 Å². The Morgan fingerprint density at radius 3 is 2.35 bits per heavy atom. The second-order valence-corrected chi connectivity index (χ2v) is 9.07. The quantitative estimate of drug-likeness (QED) is 0.188. The first-order valence-corrected chi connectivity index (χ1v) is 12.2. The fourth-order valence-electron chi connectivity index (χ4n) is 4.35. The number of ether oxygens (including phenoxy) is 1. The van der Waals surface area contributed by atoms with Gasteiger partial charge in [0.2, 0.25) is 0 Å². The van der Waals surface area contributed by atoms with Gasteiger partial charge in [0.15, 0.2) is 0 Å². The molecular formula is C32H23ClN2O2. The lowest BCUT2D eigenvalue weighted by Gasteiger charge is -2.14. The number of hydrogen-bond acceptors (Lipinski definition) is 3. The largest absolute Gasteiger partial charge is 0.488 e. The fraction of sp³-hybridized carbons (Fsp3) is 0.0625. The van der Waals surface area contributed by atoms with Gasteiger partial charge in [0.05, 0.1) is 0 Å². The molecule has 0 spiro atoms. The van der Waals surface area contributed by atoms with E-state index in [0.29, 0.717) is 28.6 Å². The summed E-state index contributed by atoms with van der Waals surface area (Å²) in [7, 11) is 0. The van der Waals surface area contributed by atoms with E-state index in [9.17, 15) is 10.1 Å². The summed E-state index contributed by atoms with van der Waals surface area (Å²) in [5, 5.41) is 17.4. The first kappa shape index (κ1) is 24.1. The van der Waals surface area contributed by atoms with Gasteiger partial charge in [-0.25, -0.2) is 0 Å². The van der Waals surface area contributed by atoms with Gasteiger partial charge in [0.1, 0.15) is 24.0 Å². The smallest absolute Gasteiger partial charge is 0.266 e. The Hall–Kier alpha value is -4.59. The predicted octanol–water partition coefficient (Wildman–Crippen LogP) is 8.08. The van der Waals surface area contributed by atoms with Crippen molar-refractivity contribution in [2.75, 3.05) is 5.32 Å². The maximum Gasteiger partial charge on any atom is 0.266 e. The minimum atomic E-state index is -0.513. The number of amides is 1. The molecule has 5 aromatic rings. The molecule has 0 fully saturated rings. The maximum absolute atomic E-state index is 13.1. The summed E-state index contributed by atoms with van der Waals surface area (Å²) in [5.41, 5.74) is 2.98. The molecule has 5 aromatic carbocycles. The van der Waals surface area contributed by atoms with E-state index in [1.807, 2.05) is 67.6 Å². The molecular weight excluding hydrogens is 480 g/mol. The van der Waals surface area contributed by atoms with Crippen LogP contribution in [0.4, 0.5) is 5.69 Å². The highest BCUT2D eigenvalue weighted by Crippen LogP contribution is 2.32. The number of hydrogen-bond donors (Lipinski definition) is 1. The lowest BCUT2D eigenvalue weighted by molar-refractivity contribution is -0.112. The van der Waals surface area contributed by atoms with Crippen LogP contribution in [-0.2, 0) is 11.4 Å². The molecule has 0 aromatic heterocycles. The number of nitriles is 1. The molecule has 0 saturated carbocycles. The van der Waals surface area contributed by atoms with E-state index in [-0.39, 0.29) is 5.57 Å². The lowest BCUT2D eigenvalue weighted by Crippen LogP contribution is -2.14. The molecule has 5 heteroatoms. The van der Waals surface area contributed by atoms with Crippen LogP contribution in [0.2, 0.25) is 5.02 Å². The van der Waals surface area contributed by atoms with Crippen LogP contribution in [-0.4, -0.2) is 5.91 Å². The van der Waals surface area contributed by atoms with Crippen molar-refractivity contribution in [1.82, 2.24) is 0 Å². The first-order chi connectivity index (χ1) is 18.0. The van der Waals surface area contributed by atoms with Crippen LogP contribution in [0.5, 0.6) is 5.75 Å². The van der Waals surface area contributed by atoms with E-state index in [4.69, 9.17) is 16.3 Å². The van der Waals surface area contributed by atoms with E-state index < -0.39 is 5.91 Å². The average molecular weight is 503 g/mol. The van der Waals surface area contributed by atoms with E-state index in [2.05, 4.69) is 29.6 Å². The Balaban J connectivity index is 1.52. The zero-order chi connectivity index (χ0) is 25.8. The molecule has 0 aliphatic rings. The number of halogens is 1. The van der Waals surface area contributed by atoms with Gasteiger partial charge in [0.25, 0.3) is 5.91 Å². The molecule has 0 radical (unpaired) electrons. The summed E-state index contributed by atoms with van der Waals surface area (Å²) in [5.74, 6) is 0.0759. The van der Waals surface area contributed by atoms with Gasteiger partial charge in [-0.1, -0.05) is 90.5 Å². The van der Waals surface area contributed by atoms with E-state index >= 15 is 0 Å². The monoisotopic (exact) mass is 502 g/mol. The molecule has 0 aliphatic heterocycles. The van der Waals surface area contributed by atoms with Crippen LogP contribution in [0.15, 0.2) is 103 Å². The van der Waals surface area contributed by atoms with Crippen LogP contribution < -0.4 is 10.1 Å². The van der Waals surface area contributed by atoms with Crippen molar-refractivity contribution < 1.29 is 9.53 Å². The summed E-state index contributed by atoms with van der Waals surface area (Å²) in [4.78, 5) is 13.1. The molecule has 1 amide bonds. The van der Waals surface area contributed by atoms with Gasteiger partial charge in [-0.2, -0.15) is 5.26 Å². The van der Waals surface area contributed by atoms with Crippen molar-refractivity contribution in [1.29, 1.82) is 5.26 Å². The van der Waals surface area contributed by atoms with Crippen LogP contribution in [0.25, 0.3) is 27.6 Å². The SMILES string of the molecule is Cc1c(Cl)cccc1NC(=O)/C(C#N)=C/c1c(OCc2cccc3ccccc23)ccc2ccccc12. The Morgan fingerprint density at radius 1 is 0.892 bits per heavy atom. The molecule has 0 unspecified atom stereocenters.